The van der Waals surface area contributed by atoms with Gasteiger partial charge in [-0.05, 0) is 60.3 Å². The Kier molecular flexibility index (Phi) is 4.96. The largest absolute Gasteiger partial charge is 0.505 e. The smallest absolute Gasteiger partial charge is 0.165 e. The molecule has 0 radical (unpaired) electrons. The fourth-order valence-electron chi connectivity index (χ4n) is 4.87. The maximum atomic E-state index is 13.5. The van der Waals surface area contributed by atoms with Gasteiger partial charge in [0.1, 0.15) is 0 Å². The lowest BCUT2D eigenvalue weighted by atomic mass is 9.96. The normalized spacial score (nSPS) is 26.8. The molecule has 2 aromatic carbocycles. The van der Waals surface area contributed by atoms with E-state index in [2.05, 4.69) is 35.2 Å². The van der Waals surface area contributed by atoms with Crippen molar-refractivity contribution < 1.29 is 14.6 Å². The van der Waals surface area contributed by atoms with Crippen LogP contribution in [-0.4, -0.2) is 34.7 Å². The number of hydrogen-bond acceptors (Lipinski definition) is 3. The average Bonchev–Trinajstić information content (AvgIpc) is 3.16. The van der Waals surface area contributed by atoms with Crippen LogP contribution in [0.5, 0.6) is 5.75 Å². The summed E-state index contributed by atoms with van der Waals surface area (Å²) >= 11 is 0. The number of phenols is 1. The monoisotopic (exact) mass is 355 g/mol. The Morgan fingerprint density at radius 3 is 2.38 bits per heavy atom. The summed E-state index contributed by atoms with van der Waals surface area (Å²) in [5, 5.41) is 19.7. The molecule has 3 nitrogen and oxygen atoms in total. The molecule has 1 saturated heterocycles. The second-order valence-electron chi connectivity index (χ2n) is 7.99. The third kappa shape index (κ3) is 3.76. The van der Waals surface area contributed by atoms with Gasteiger partial charge < -0.3 is 10.2 Å². The molecule has 0 aromatic heterocycles. The summed E-state index contributed by atoms with van der Waals surface area (Å²) in [6, 6.07) is 14.8. The molecule has 1 saturated carbocycles. The van der Waals surface area contributed by atoms with Crippen molar-refractivity contribution in [3.8, 4) is 5.75 Å². The number of aliphatic hydroxyl groups excluding tert-OH is 1. The molecule has 2 fully saturated rings. The highest BCUT2D eigenvalue weighted by molar-refractivity contribution is 5.29. The lowest BCUT2D eigenvalue weighted by Gasteiger charge is -2.22. The summed E-state index contributed by atoms with van der Waals surface area (Å²) in [5.74, 6) is 1.15. The van der Waals surface area contributed by atoms with Crippen LogP contribution >= 0.6 is 0 Å². The molecule has 0 spiro atoms. The highest BCUT2D eigenvalue weighted by atomic mass is 19.1. The third-order valence-electron chi connectivity index (χ3n) is 6.08. The van der Waals surface area contributed by atoms with E-state index in [0.717, 1.165) is 19.0 Å². The van der Waals surface area contributed by atoms with Gasteiger partial charge in [0.2, 0.25) is 0 Å². The number of phenolic OH excluding ortho intramolecular Hbond substituents is 1. The standard InChI is InChI=1S/C22H26FNO2/c23-20-11-17(6-7-21(20)25)22(26)14-24-12-18-9-16(10-19(18)13-24)8-15-4-2-1-3-5-15/h1-7,11,16,18-19,22,25-26H,8-10,12-14H2/t16?,18-,19+,22?. The molecule has 2 aromatic rings. The quantitative estimate of drug-likeness (QED) is 0.858. The second kappa shape index (κ2) is 7.37. The van der Waals surface area contributed by atoms with Gasteiger partial charge in [0.25, 0.3) is 0 Å². The molecule has 2 unspecified atom stereocenters. The fourth-order valence-corrected chi connectivity index (χ4v) is 4.87. The number of nitrogens with zero attached hydrogens (tertiary/aromatic N) is 1. The Labute approximate surface area is 154 Å². The predicted octanol–water partition coefficient (Wildman–Crippen LogP) is 3.77. The first-order valence-electron chi connectivity index (χ1n) is 9.51. The molecule has 2 N–H and O–H groups in total. The van der Waals surface area contributed by atoms with Gasteiger partial charge in [0.05, 0.1) is 6.10 Å². The third-order valence-corrected chi connectivity index (χ3v) is 6.08. The van der Waals surface area contributed by atoms with Crippen LogP contribution in [-0.2, 0) is 6.42 Å². The fraction of sp³-hybridized carbons (Fsp3) is 0.455. The molecule has 4 atom stereocenters. The number of halogens is 1. The number of aromatic hydroxyl groups is 1. The summed E-state index contributed by atoms with van der Waals surface area (Å²) in [7, 11) is 0. The first-order chi connectivity index (χ1) is 12.6. The molecule has 26 heavy (non-hydrogen) atoms. The Bertz CT molecular complexity index is 737. The van der Waals surface area contributed by atoms with E-state index in [9.17, 15) is 14.6 Å². The van der Waals surface area contributed by atoms with Gasteiger partial charge >= 0.3 is 0 Å². The Hall–Kier alpha value is -1.91. The summed E-state index contributed by atoms with van der Waals surface area (Å²) in [5.41, 5.74) is 1.96. The van der Waals surface area contributed by atoms with Crippen molar-refractivity contribution in [3.63, 3.8) is 0 Å². The Morgan fingerprint density at radius 1 is 1.04 bits per heavy atom. The number of rotatable bonds is 5. The molecular formula is C22H26FNO2. The summed E-state index contributed by atoms with van der Waals surface area (Å²) in [6.45, 7) is 2.57. The van der Waals surface area contributed by atoms with Crippen molar-refractivity contribution in [1.29, 1.82) is 0 Å². The van der Waals surface area contributed by atoms with Crippen LogP contribution in [0.4, 0.5) is 4.39 Å². The van der Waals surface area contributed by atoms with Gasteiger partial charge in [-0.15, -0.1) is 0 Å². The van der Waals surface area contributed by atoms with Crippen molar-refractivity contribution in [2.24, 2.45) is 17.8 Å². The molecule has 138 valence electrons. The van der Waals surface area contributed by atoms with Gasteiger partial charge in [0, 0.05) is 19.6 Å². The van der Waals surface area contributed by atoms with E-state index in [1.54, 1.807) is 6.07 Å². The zero-order valence-corrected chi connectivity index (χ0v) is 14.9. The van der Waals surface area contributed by atoms with E-state index in [-0.39, 0.29) is 5.75 Å². The van der Waals surface area contributed by atoms with Gasteiger partial charge in [0.15, 0.2) is 11.6 Å². The molecule has 4 rings (SSSR count). The topological polar surface area (TPSA) is 43.7 Å². The van der Waals surface area contributed by atoms with Crippen molar-refractivity contribution in [3.05, 3.63) is 65.5 Å². The highest BCUT2D eigenvalue weighted by Crippen LogP contribution is 2.43. The van der Waals surface area contributed by atoms with Gasteiger partial charge in [-0.1, -0.05) is 36.4 Å². The van der Waals surface area contributed by atoms with Crippen LogP contribution in [0.25, 0.3) is 0 Å². The van der Waals surface area contributed by atoms with E-state index < -0.39 is 11.9 Å². The zero-order valence-electron chi connectivity index (χ0n) is 14.9. The minimum atomic E-state index is -0.718. The Morgan fingerprint density at radius 2 is 1.73 bits per heavy atom. The van der Waals surface area contributed by atoms with Crippen LogP contribution in [0.1, 0.15) is 30.1 Å². The number of hydrogen-bond donors (Lipinski definition) is 2. The van der Waals surface area contributed by atoms with E-state index in [1.165, 1.54) is 37.0 Å². The highest BCUT2D eigenvalue weighted by Gasteiger charge is 2.40. The summed E-state index contributed by atoms with van der Waals surface area (Å²) in [4.78, 5) is 2.31. The number of aliphatic hydroxyl groups is 1. The van der Waals surface area contributed by atoms with E-state index in [1.807, 2.05) is 0 Å². The van der Waals surface area contributed by atoms with Gasteiger partial charge in [-0.25, -0.2) is 4.39 Å². The first-order valence-corrected chi connectivity index (χ1v) is 9.51. The number of β-amino-alcohol motifs (C(OH)–C–C–N with tert-alkyl or cyclic N) is 1. The van der Waals surface area contributed by atoms with Crippen molar-refractivity contribution in [2.75, 3.05) is 19.6 Å². The maximum Gasteiger partial charge on any atom is 0.165 e. The van der Waals surface area contributed by atoms with Crippen LogP contribution in [0.2, 0.25) is 0 Å². The molecule has 4 heteroatoms. The average molecular weight is 355 g/mol. The van der Waals surface area contributed by atoms with Crippen LogP contribution in [0, 0.1) is 23.6 Å². The minimum Gasteiger partial charge on any atom is -0.505 e. The Balaban J connectivity index is 1.29. The number of benzene rings is 2. The van der Waals surface area contributed by atoms with Crippen LogP contribution in [0.3, 0.4) is 0 Å². The van der Waals surface area contributed by atoms with Crippen LogP contribution < -0.4 is 0 Å². The van der Waals surface area contributed by atoms with E-state index in [4.69, 9.17) is 0 Å². The van der Waals surface area contributed by atoms with Crippen molar-refractivity contribution >= 4 is 0 Å². The minimum absolute atomic E-state index is 0.374. The number of likely N-dealkylation sites (tertiary alicyclic amines) is 1. The molecule has 1 heterocycles. The summed E-state index contributed by atoms with van der Waals surface area (Å²) in [6.07, 6.45) is 2.98. The van der Waals surface area contributed by atoms with Gasteiger partial charge in [-0.2, -0.15) is 0 Å². The van der Waals surface area contributed by atoms with Crippen molar-refractivity contribution in [2.45, 2.75) is 25.4 Å². The second-order valence-corrected chi connectivity index (χ2v) is 7.99. The lowest BCUT2D eigenvalue weighted by Crippen LogP contribution is -2.28. The number of fused-ring (bicyclic) bond motifs is 1. The molecule has 1 aliphatic heterocycles. The predicted molar refractivity (Wildman–Crippen MR) is 99.3 cm³/mol. The molecular weight excluding hydrogens is 329 g/mol. The zero-order chi connectivity index (χ0) is 18.1. The lowest BCUT2D eigenvalue weighted by molar-refractivity contribution is 0.120. The molecule has 0 amide bonds. The molecule has 0 bridgehead atoms. The summed E-state index contributed by atoms with van der Waals surface area (Å²) < 4.78 is 13.5. The van der Waals surface area contributed by atoms with Crippen LogP contribution in [0.15, 0.2) is 48.5 Å². The first kappa shape index (κ1) is 17.5. The molecule has 2 aliphatic rings. The molecule has 1 aliphatic carbocycles. The van der Waals surface area contributed by atoms with E-state index in [0.29, 0.717) is 23.9 Å². The van der Waals surface area contributed by atoms with Gasteiger partial charge in [-0.3, -0.25) is 4.90 Å². The van der Waals surface area contributed by atoms with E-state index >= 15 is 0 Å². The van der Waals surface area contributed by atoms with Crippen molar-refractivity contribution in [1.82, 2.24) is 4.90 Å². The SMILES string of the molecule is Oc1ccc(C(O)CN2C[C@H]3CC(Cc4ccccc4)C[C@H]3C2)cc1F. The maximum absolute atomic E-state index is 13.5.